The first-order valence-electron chi connectivity index (χ1n) is 7.58. The lowest BCUT2D eigenvalue weighted by Crippen LogP contribution is -2.27. The summed E-state index contributed by atoms with van der Waals surface area (Å²) in [4.78, 5) is 35.1. The van der Waals surface area contributed by atoms with Crippen LogP contribution in [0.3, 0.4) is 0 Å². The van der Waals surface area contributed by atoms with E-state index < -0.39 is 11.9 Å². The number of rotatable bonds is 4. The molecular weight excluding hydrogens is 336 g/mol. The van der Waals surface area contributed by atoms with Crippen LogP contribution < -0.4 is 16.1 Å². The van der Waals surface area contributed by atoms with Crippen molar-refractivity contribution in [3.05, 3.63) is 75.7 Å². The molecule has 0 atom stereocenters. The summed E-state index contributed by atoms with van der Waals surface area (Å²) in [6.07, 6.45) is 1.36. The highest BCUT2D eigenvalue weighted by Crippen LogP contribution is 2.12. The Labute approximate surface area is 147 Å². The molecule has 0 bridgehead atoms. The monoisotopic (exact) mass is 349 g/mol. The maximum absolute atomic E-state index is 12.4. The first-order chi connectivity index (χ1) is 12.5. The lowest BCUT2D eigenvalue weighted by Gasteiger charge is -2.06. The zero-order valence-corrected chi connectivity index (χ0v) is 13.7. The van der Waals surface area contributed by atoms with Crippen molar-refractivity contribution < 1.29 is 14.7 Å². The molecule has 3 rings (SSSR count). The third-order valence-corrected chi connectivity index (χ3v) is 3.70. The minimum Gasteiger partial charge on any atom is -0.545 e. The number of benzene rings is 2. The van der Waals surface area contributed by atoms with Gasteiger partial charge in [-0.2, -0.15) is 10.2 Å². The van der Waals surface area contributed by atoms with Crippen molar-refractivity contribution in [2.45, 2.75) is 0 Å². The number of aromatic carboxylic acids is 1. The van der Waals surface area contributed by atoms with Gasteiger partial charge in [0.15, 0.2) is 5.69 Å². The topological polar surface area (TPSA) is 116 Å². The lowest BCUT2D eigenvalue weighted by molar-refractivity contribution is -0.255. The van der Waals surface area contributed by atoms with Crippen LogP contribution in [0.4, 0.5) is 0 Å². The first-order valence-corrected chi connectivity index (χ1v) is 7.58. The fourth-order valence-electron chi connectivity index (χ4n) is 2.39. The van der Waals surface area contributed by atoms with Crippen molar-refractivity contribution in [2.75, 3.05) is 0 Å². The van der Waals surface area contributed by atoms with E-state index in [4.69, 9.17) is 0 Å². The molecule has 0 aliphatic heterocycles. The van der Waals surface area contributed by atoms with Gasteiger partial charge in [0.1, 0.15) is 0 Å². The van der Waals surface area contributed by atoms with Crippen molar-refractivity contribution in [2.24, 2.45) is 12.1 Å². The standard InChI is InChI=1S/C18H14N4O4/c1-22-17(24)14-5-3-2-4-13(14)15(21-22)16(23)20-19-10-11-6-8-12(9-7-11)18(25)26/h2-10H,1H3,(H,20,23)(H,25,26)/p-1/b19-10-. The first kappa shape index (κ1) is 17.0. The molecule has 2 aromatic carbocycles. The largest absolute Gasteiger partial charge is 0.545 e. The van der Waals surface area contributed by atoms with E-state index in [0.717, 1.165) is 4.68 Å². The molecule has 26 heavy (non-hydrogen) atoms. The van der Waals surface area contributed by atoms with Crippen LogP contribution in [0.25, 0.3) is 10.8 Å². The molecule has 8 heteroatoms. The molecule has 1 N–H and O–H groups in total. The van der Waals surface area contributed by atoms with Crippen molar-refractivity contribution in [3.8, 4) is 0 Å². The highest BCUT2D eigenvalue weighted by molar-refractivity contribution is 6.05. The van der Waals surface area contributed by atoms with Gasteiger partial charge in [-0.15, -0.1) is 0 Å². The summed E-state index contributed by atoms with van der Waals surface area (Å²) < 4.78 is 1.10. The number of hydrogen-bond donors (Lipinski definition) is 1. The maximum Gasteiger partial charge on any atom is 0.292 e. The van der Waals surface area contributed by atoms with E-state index >= 15 is 0 Å². The second-order valence-corrected chi connectivity index (χ2v) is 5.43. The second kappa shape index (κ2) is 6.98. The Morgan fingerprint density at radius 3 is 2.42 bits per heavy atom. The average molecular weight is 349 g/mol. The Balaban J connectivity index is 1.82. The van der Waals surface area contributed by atoms with Crippen molar-refractivity contribution in [1.82, 2.24) is 15.2 Å². The molecule has 0 saturated carbocycles. The van der Waals surface area contributed by atoms with E-state index in [2.05, 4.69) is 15.6 Å². The van der Waals surface area contributed by atoms with Crippen LogP contribution in [-0.4, -0.2) is 27.9 Å². The molecule has 1 heterocycles. The number of nitrogens with one attached hydrogen (secondary N) is 1. The van der Waals surface area contributed by atoms with Gasteiger partial charge in [-0.25, -0.2) is 10.1 Å². The van der Waals surface area contributed by atoms with Gasteiger partial charge in [-0.05, 0) is 17.2 Å². The van der Waals surface area contributed by atoms with E-state index in [1.165, 1.54) is 37.5 Å². The Bertz CT molecular complexity index is 1080. The summed E-state index contributed by atoms with van der Waals surface area (Å²) >= 11 is 0. The van der Waals surface area contributed by atoms with E-state index in [-0.39, 0.29) is 16.8 Å². The summed E-state index contributed by atoms with van der Waals surface area (Å²) in [5.74, 6) is -1.84. The fourth-order valence-corrected chi connectivity index (χ4v) is 2.39. The van der Waals surface area contributed by atoms with Crippen LogP contribution in [0.5, 0.6) is 0 Å². The number of amides is 1. The molecule has 1 amide bonds. The van der Waals surface area contributed by atoms with E-state index in [1.807, 2.05) is 0 Å². The highest BCUT2D eigenvalue weighted by Gasteiger charge is 2.14. The second-order valence-electron chi connectivity index (χ2n) is 5.43. The van der Waals surface area contributed by atoms with Crippen LogP contribution in [0.15, 0.2) is 58.4 Å². The number of aryl methyl sites for hydroxylation is 1. The molecule has 0 spiro atoms. The quantitative estimate of drug-likeness (QED) is 0.528. The van der Waals surface area contributed by atoms with Crippen molar-refractivity contribution in [1.29, 1.82) is 0 Å². The summed E-state index contributed by atoms with van der Waals surface area (Å²) in [6, 6.07) is 12.5. The van der Waals surface area contributed by atoms with Crippen molar-refractivity contribution in [3.63, 3.8) is 0 Å². The Kier molecular flexibility index (Phi) is 4.57. The number of aromatic nitrogens is 2. The zero-order chi connectivity index (χ0) is 18.7. The molecule has 1 aromatic heterocycles. The summed E-state index contributed by atoms with van der Waals surface area (Å²) in [6.45, 7) is 0. The molecule has 0 unspecified atom stereocenters. The molecule has 0 aliphatic rings. The summed E-state index contributed by atoms with van der Waals surface area (Å²) in [7, 11) is 1.47. The number of carbonyl (C=O) groups excluding carboxylic acids is 2. The minimum atomic E-state index is -1.27. The van der Waals surface area contributed by atoms with Gasteiger partial charge in [-0.3, -0.25) is 9.59 Å². The van der Waals surface area contributed by atoms with E-state index in [0.29, 0.717) is 16.3 Å². The van der Waals surface area contributed by atoms with Gasteiger partial charge in [0.25, 0.3) is 11.5 Å². The van der Waals surface area contributed by atoms with Gasteiger partial charge in [0, 0.05) is 12.4 Å². The van der Waals surface area contributed by atoms with Gasteiger partial charge in [-0.1, -0.05) is 42.5 Å². The maximum atomic E-state index is 12.4. The molecule has 130 valence electrons. The summed E-state index contributed by atoms with van der Waals surface area (Å²) in [5, 5.41) is 19.4. The number of hydrogen-bond acceptors (Lipinski definition) is 6. The third-order valence-electron chi connectivity index (χ3n) is 3.70. The smallest absolute Gasteiger partial charge is 0.292 e. The lowest BCUT2D eigenvalue weighted by atomic mass is 10.1. The predicted octanol–water partition coefficient (Wildman–Crippen LogP) is 0.0609. The van der Waals surface area contributed by atoms with Gasteiger partial charge in [0.05, 0.1) is 17.6 Å². The Hall–Kier alpha value is -3.81. The number of carboxylic acids is 1. The van der Waals surface area contributed by atoms with Crippen LogP contribution in [-0.2, 0) is 7.05 Å². The number of nitrogens with zero attached hydrogens (tertiary/aromatic N) is 3. The fraction of sp³-hybridized carbons (Fsp3) is 0.0556. The predicted molar refractivity (Wildman–Crippen MR) is 92.8 cm³/mol. The molecule has 8 nitrogen and oxygen atoms in total. The molecule has 3 aromatic rings. The average Bonchev–Trinajstić information content (AvgIpc) is 2.65. The van der Waals surface area contributed by atoms with Crippen LogP contribution in [0.1, 0.15) is 26.4 Å². The van der Waals surface area contributed by atoms with E-state index in [1.54, 1.807) is 24.3 Å². The van der Waals surface area contributed by atoms with Gasteiger partial charge >= 0.3 is 0 Å². The number of carboxylic acid groups (broad SMARTS) is 1. The highest BCUT2D eigenvalue weighted by atomic mass is 16.4. The molecule has 0 fully saturated rings. The van der Waals surface area contributed by atoms with Crippen LogP contribution in [0, 0.1) is 0 Å². The number of carbonyl (C=O) groups is 2. The van der Waals surface area contributed by atoms with E-state index in [9.17, 15) is 19.5 Å². The normalized spacial score (nSPS) is 11.0. The zero-order valence-electron chi connectivity index (χ0n) is 13.7. The van der Waals surface area contributed by atoms with Gasteiger partial charge in [0.2, 0.25) is 0 Å². The molecule has 0 aliphatic carbocycles. The minimum absolute atomic E-state index is 0.0482. The van der Waals surface area contributed by atoms with Crippen molar-refractivity contribution >= 4 is 28.9 Å². The Morgan fingerprint density at radius 2 is 1.77 bits per heavy atom. The summed E-state index contributed by atoms with van der Waals surface area (Å²) in [5.41, 5.74) is 2.77. The number of hydrazone groups is 1. The molecule has 0 radical (unpaired) electrons. The van der Waals surface area contributed by atoms with Crippen LogP contribution in [0.2, 0.25) is 0 Å². The third kappa shape index (κ3) is 3.34. The molecular formula is C18H13N4O4-. The van der Waals surface area contributed by atoms with Gasteiger partial charge < -0.3 is 9.90 Å². The van der Waals surface area contributed by atoms with Crippen LogP contribution >= 0.6 is 0 Å². The molecule has 0 saturated heterocycles. The number of fused-ring (bicyclic) bond motifs is 1. The SMILES string of the molecule is Cn1nc(C(=O)N/N=C\c2ccc(C(=O)[O-])cc2)c2ccccc2c1=O. The Morgan fingerprint density at radius 1 is 1.12 bits per heavy atom.